The number of aryl methyl sites for hydroxylation is 1. The van der Waals surface area contributed by atoms with Crippen LogP contribution in [0.15, 0.2) is 40.4 Å². The summed E-state index contributed by atoms with van der Waals surface area (Å²) in [6, 6.07) is 9.64. The van der Waals surface area contributed by atoms with Crippen LogP contribution in [0, 0.1) is 12.8 Å². The monoisotopic (exact) mass is 623 g/mol. The molecule has 0 unspecified atom stereocenters. The van der Waals surface area contributed by atoms with Gasteiger partial charge in [-0.05, 0) is 83.2 Å². The van der Waals surface area contributed by atoms with Crippen LogP contribution in [0.4, 0.5) is 23.1 Å². The molecule has 0 aliphatic heterocycles. The van der Waals surface area contributed by atoms with Crippen molar-refractivity contribution in [3.05, 3.63) is 36.0 Å². The van der Waals surface area contributed by atoms with E-state index in [-0.39, 0.29) is 17.7 Å². The molecule has 13 heteroatoms. The fraction of sp³-hybridized carbons (Fsp3) is 0.516. The van der Waals surface area contributed by atoms with Crippen molar-refractivity contribution in [3.63, 3.8) is 0 Å². The second-order valence-corrected chi connectivity index (χ2v) is 12.2. The summed E-state index contributed by atoms with van der Waals surface area (Å²) in [5.74, 6) is 2.46. The molecular weight excluding hydrogens is 578 g/mol. The lowest BCUT2D eigenvalue weighted by Gasteiger charge is -2.27. The van der Waals surface area contributed by atoms with Gasteiger partial charge in [0, 0.05) is 47.9 Å². The van der Waals surface area contributed by atoms with E-state index in [9.17, 15) is 9.59 Å². The fourth-order valence-corrected chi connectivity index (χ4v) is 5.81. The lowest BCUT2D eigenvalue weighted by atomic mass is 10.1. The molecular formula is C31H45N9O3S. The number of benzene rings is 1. The van der Waals surface area contributed by atoms with Crippen LogP contribution in [0.2, 0.25) is 0 Å². The number of hydrogen-bond donors (Lipinski definition) is 4. The molecule has 1 fully saturated rings. The highest BCUT2D eigenvalue weighted by Crippen LogP contribution is 2.38. The molecule has 3 aromatic rings. The molecule has 0 saturated heterocycles. The molecule has 1 aliphatic carbocycles. The third kappa shape index (κ3) is 9.58. The van der Waals surface area contributed by atoms with Crippen molar-refractivity contribution in [2.45, 2.75) is 62.9 Å². The number of amides is 2. The van der Waals surface area contributed by atoms with Crippen molar-refractivity contribution in [1.82, 2.24) is 30.4 Å². The molecule has 1 aromatic carbocycles. The first-order chi connectivity index (χ1) is 21.2. The number of nitrogens with one attached hydrogen (secondary N) is 4. The normalized spacial score (nSPS) is 13.2. The third-order valence-corrected chi connectivity index (χ3v) is 7.95. The number of ether oxygens (including phenoxy) is 1. The van der Waals surface area contributed by atoms with E-state index < -0.39 is 0 Å². The lowest BCUT2D eigenvalue weighted by molar-refractivity contribution is -0.121. The Kier molecular flexibility index (Phi) is 12.2. The minimum Gasteiger partial charge on any atom is -0.487 e. The van der Waals surface area contributed by atoms with Crippen LogP contribution in [-0.2, 0) is 9.59 Å². The summed E-state index contributed by atoms with van der Waals surface area (Å²) < 4.78 is 6.14. The standard InChI is InChI=1S/C31H45N9O3S/c1-6-17-40(18-16-32-26(41)20-39(4)5)29-27(43-7-2)28(34-25-19-21(3)37-38-25)35-31(36-29)44-24-14-12-23(13-15-24)33-30(42)22-10-8-9-11-22/h12-15,19,22H,6-11,16-18,20H2,1-5H3,(H,32,41)(H,33,42)(H2,34,35,36,37,38). The smallest absolute Gasteiger partial charge is 0.234 e. The van der Waals surface area contributed by atoms with Crippen molar-refractivity contribution < 1.29 is 14.3 Å². The topological polar surface area (TPSA) is 140 Å². The van der Waals surface area contributed by atoms with Gasteiger partial charge in [0.25, 0.3) is 0 Å². The number of nitrogens with zero attached hydrogens (tertiary/aromatic N) is 5. The number of H-pyrrole nitrogens is 1. The Morgan fingerprint density at radius 3 is 2.48 bits per heavy atom. The van der Waals surface area contributed by atoms with Gasteiger partial charge in [-0.15, -0.1) is 0 Å². The maximum absolute atomic E-state index is 12.6. The van der Waals surface area contributed by atoms with Gasteiger partial charge in [-0.25, -0.2) is 9.97 Å². The first-order valence-electron chi connectivity index (χ1n) is 15.3. The average Bonchev–Trinajstić information content (AvgIpc) is 3.67. The number of anilines is 4. The molecule has 44 heavy (non-hydrogen) atoms. The van der Waals surface area contributed by atoms with Crippen LogP contribution in [0.5, 0.6) is 5.75 Å². The molecule has 1 aliphatic rings. The molecule has 2 aromatic heterocycles. The van der Waals surface area contributed by atoms with Gasteiger partial charge in [-0.2, -0.15) is 5.10 Å². The van der Waals surface area contributed by atoms with E-state index in [0.717, 1.165) is 48.4 Å². The van der Waals surface area contributed by atoms with Crippen LogP contribution in [0.3, 0.4) is 0 Å². The van der Waals surface area contributed by atoms with Crippen molar-refractivity contribution in [2.75, 3.05) is 62.4 Å². The summed E-state index contributed by atoms with van der Waals surface area (Å²) in [5.41, 5.74) is 1.69. The van der Waals surface area contributed by atoms with E-state index in [1.54, 1.807) is 0 Å². The van der Waals surface area contributed by atoms with Gasteiger partial charge in [0.15, 0.2) is 22.6 Å². The van der Waals surface area contributed by atoms with Gasteiger partial charge in [0.2, 0.25) is 17.6 Å². The van der Waals surface area contributed by atoms with E-state index in [1.807, 2.05) is 63.2 Å². The van der Waals surface area contributed by atoms with Gasteiger partial charge in [-0.1, -0.05) is 19.8 Å². The summed E-state index contributed by atoms with van der Waals surface area (Å²) in [6.45, 7) is 8.42. The Balaban J connectivity index is 1.60. The van der Waals surface area contributed by atoms with Crippen molar-refractivity contribution in [3.8, 4) is 5.75 Å². The maximum atomic E-state index is 12.6. The van der Waals surface area contributed by atoms with Crippen LogP contribution >= 0.6 is 11.8 Å². The summed E-state index contributed by atoms with van der Waals surface area (Å²) in [6.07, 6.45) is 5.04. The van der Waals surface area contributed by atoms with Crippen molar-refractivity contribution in [1.29, 1.82) is 0 Å². The summed E-state index contributed by atoms with van der Waals surface area (Å²) in [5, 5.41) is 17.2. The van der Waals surface area contributed by atoms with Gasteiger partial charge < -0.3 is 30.5 Å². The lowest BCUT2D eigenvalue weighted by Crippen LogP contribution is -2.39. The van der Waals surface area contributed by atoms with Crippen molar-refractivity contribution in [2.24, 2.45) is 5.92 Å². The molecule has 0 radical (unpaired) electrons. The highest BCUT2D eigenvalue weighted by molar-refractivity contribution is 7.99. The maximum Gasteiger partial charge on any atom is 0.234 e. The van der Waals surface area contributed by atoms with E-state index in [1.165, 1.54) is 11.8 Å². The number of rotatable bonds is 16. The zero-order chi connectivity index (χ0) is 31.5. The predicted octanol–water partition coefficient (Wildman–Crippen LogP) is 4.82. The average molecular weight is 624 g/mol. The van der Waals surface area contributed by atoms with Gasteiger partial charge in [-0.3, -0.25) is 14.7 Å². The molecule has 2 heterocycles. The molecule has 12 nitrogen and oxygen atoms in total. The molecule has 238 valence electrons. The first kappa shape index (κ1) is 33.1. The highest BCUT2D eigenvalue weighted by atomic mass is 32.2. The number of carbonyl (C=O) groups excluding carboxylic acids is 2. The van der Waals surface area contributed by atoms with Crippen LogP contribution in [0.1, 0.15) is 51.6 Å². The minimum atomic E-state index is -0.0328. The number of likely N-dealkylation sites (N-methyl/N-ethyl adjacent to an activating group) is 1. The summed E-state index contributed by atoms with van der Waals surface area (Å²) >= 11 is 1.42. The van der Waals surface area contributed by atoms with Crippen molar-refractivity contribution >= 4 is 46.7 Å². The Bertz CT molecular complexity index is 1370. The van der Waals surface area contributed by atoms with Crippen LogP contribution < -0.4 is 25.6 Å². The fourth-order valence-electron chi connectivity index (χ4n) is 5.05. The predicted molar refractivity (Wildman–Crippen MR) is 175 cm³/mol. The molecule has 0 atom stereocenters. The zero-order valence-electron chi connectivity index (χ0n) is 26.4. The third-order valence-electron chi connectivity index (χ3n) is 7.08. The highest BCUT2D eigenvalue weighted by Gasteiger charge is 2.24. The minimum absolute atomic E-state index is 0.0328. The SMILES string of the molecule is CCCN(CCNC(=O)CN(C)C)c1nc(Sc2ccc(NC(=O)C3CCCC3)cc2)nc(Nc2cc(C)[nH]n2)c1OCC. The Morgan fingerprint density at radius 1 is 1.09 bits per heavy atom. The van der Waals surface area contributed by atoms with Gasteiger partial charge in [0.1, 0.15) is 0 Å². The largest absolute Gasteiger partial charge is 0.487 e. The first-order valence-corrected chi connectivity index (χ1v) is 16.2. The van der Waals surface area contributed by atoms with E-state index >= 15 is 0 Å². The number of carbonyl (C=O) groups is 2. The molecule has 4 rings (SSSR count). The Morgan fingerprint density at radius 2 is 1.84 bits per heavy atom. The molecule has 4 N–H and O–H groups in total. The molecule has 1 saturated carbocycles. The van der Waals surface area contributed by atoms with Gasteiger partial charge in [0.05, 0.1) is 13.2 Å². The number of hydrogen-bond acceptors (Lipinski definition) is 10. The zero-order valence-corrected chi connectivity index (χ0v) is 27.2. The Labute approximate surface area is 264 Å². The molecule has 0 bridgehead atoms. The summed E-state index contributed by atoms with van der Waals surface area (Å²) in [7, 11) is 3.74. The van der Waals surface area contributed by atoms with Crippen LogP contribution in [0.25, 0.3) is 0 Å². The molecule has 0 spiro atoms. The number of aromatic amines is 1. The Hall–Kier alpha value is -3.84. The second-order valence-electron chi connectivity index (χ2n) is 11.2. The number of aromatic nitrogens is 4. The second kappa shape index (κ2) is 16.3. The van der Waals surface area contributed by atoms with E-state index in [0.29, 0.717) is 61.1 Å². The summed E-state index contributed by atoms with van der Waals surface area (Å²) in [4.78, 5) is 39.6. The van der Waals surface area contributed by atoms with Crippen LogP contribution in [-0.4, -0.2) is 83.8 Å². The quantitative estimate of drug-likeness (QED) is 0.164. The van der Waals surface area contributed by atoms with E-state index in [2.05, 4.69) is 38.0 Å². The van der Waals surface area contributed by atoms with Gasteiger partial charge >= 0.3 is 0 Å². The molecule has 2 amide bonds. The van der Waals surface area contributed by atoms with E-state index in [4.69, 9.17) is 14.7 Å².